The molecular formula is C13H20N4O2. The van der Waals surface area contributed by atoms with Crippen LogP contribution in [0.4, 0.5) is 11.4 Å². The first-order chi connectivity index (χ1) is 8.91. The number of anilines is 2. The number of nitrogen functional groups attached to an aromatic ring is 1. The van der Waals surface area contributed by atoms with E-state index in [0.717, 1.165) is 5.69 Å². The van der Waals surface area contributed by atoms with Crippen LogP contribution in [0, 0.1) is 0 Å². The summed E-state index contributed by atoms with van der Waals surface area (Å²) in [5.41, 5.74) is 7.69. The molecule has 0 aliphatic heterocycles. The first kappa shape index (κ1) is 14.8. The highest BCUT2D eigenvalue weighted by molar-refractivity contribution is 5.95. The molecule has 0 saturated heterocycles. The Kier molecular flexibility index (Phi) is 5.17. The molecule has 1 aromatic carbocycles. The van der Waals surface area contributed by atoms with Gasteiger partial charge in [0.15, 0.2) is 0 Å². The molecule has 0 aromatic heterocycles. The Balaban J connectivity index is 2.62. The van der Waals surface area contributed by atoms with Crippen molar-refractivity contribution in [3.05, 3.63) is 23.8 Å². The van der Waals surface area contributed by atoms with Crippen LogP contribution in [0.1, 0.15) is 17.3 Å². The van der Waals surface area contributed by atoms with Crippen molar-refractivity contribution in [2.75, 3.05) is 38.2 Å². The third-order valence-corrected chi connectivity index (χ3v) is 2.52. The van der Waals surface area contributed by atoms with Crippen molar-refractivity contribution >= 4 is 23.2 Å². The van der Waals surface area contributed by atoms with Crippen molar-refractivity contribution in [1.29, 1.82) is 0 Å². The monoisotopic (exact) mass is 264 g/mol. The Labute approximate surface area is 113 Å². The molecule has 2 amide bonds. The first-order valence-corrected chi connectivity index (χ1v) is 6.01. The summed E-state index contributed by atoms with van der Waals surface area (Å²) in [5, 5.41) is 5.78. The van der Waals surface area contributed by atoms with Crippen molar-refractivity contribution in [3.63, 3.8) is 0 Å². The fraction of sp³-hybridized carbons (Fsp3) is 0.385. The van der Waals surface area contributed by atoms with E-state index in [1.165, 1.54) is 11.8 Å². The second kappa shape index (κ2) is 6.63. The van der Waals surface area contributed by atoms with E-state index >= 15 is 0 Å². The molecule has 0 heterocycles. The largest absolute Gasteiger partial charge is 0.397 e. The smallest absolute Gasteiger partial charge is 0.253 e. The van der Waals surface area contributed by atoms with E-state index in [9.17, 15) is 9.59 Å². The van der Waals surface area contributed by atoms with Gasteiger partial charge < -0.3 is 21.3 Å². The predicted molar refractivity (Wildman–Crippen MR) is 76.0 cm³/mol. The van der Waals surface area contributed by atoms with Crippen LogP contribution in [-0.2, 0) is 4.79 Å². The van der Waals surface area contributed by atoms with Crippen LogP contribution in [0.5, 0.6) is 0 Å². The van der Waals surface area contributed by atoms with Crippen molar-refractivity contribution in [2.45, 2.75) is 6.92 Å². The molecule has 4 N–H and O–H groups in total. The molecule has 0 aliphatic carbocycles. The number of nitrogens with two attached hydrogens (primary N) is 1. The molecule has 0 radical (unpaired) electrons. The van der Waals surface area contributed by atoms with Gasteiger partial charge in [-0.3, -0.25) is 9.59 Å². The van der Waals surface area contributed by atoms with Gasteiger partial charge in [-0.15, -0.1) is 0 Å². The summed E-state index contributed by atoms with van der Waals surface area (Å²) in [6, 6.07) is 5.13. The average Bonchev–Trinajstić information content (AvgIpc) is 2.34. The van der Waals surface area contributed by atoms with Crippen molar-refractivity contribution in [2.24, 2.45) is 0 Å². The summed E-state index contributed by atoms with van der Waals surface area (Å²) >= 11 is 0. The van der Waals surface area contributed by atoms with Gasteiger partial charge in [-0.25, -0.2) is 0 Å². The standard InChI is InChI=1S/C13H20N4O2/c1-9(18)15-6-7-16-12-5-4-10(8-11(12)14)13(19)17(2)3/h4-5,8,16H,6-7,14H2,1-3H3,(H,15,18). The minimum absolute atomic E-state index is 0.0679. The Morgan fingerprint density at radius 3 is 2.47 bits per heavy atom. The molecule has 0 unspecified atom stereocenters. The van der Waals surface area contributed by atoms with Crippen molar-refractivity contribution in [3.8, 4) is 0 Å². The number of amides is 2. The molecular weight excluding hydrogens is 244 g/mol. The van der Waals surface area contributed by atoms with Gasteiger partial charge in [0.2, 0.25) is 5.91 Å². The Bertz CT molecular complexity index is 472. The van der Waals surface area contributed by atoms with Crippen LogP contribution >= 0.6 is 0 Å². The number of nitrogens with zero attached hydrogens (tertiary/aromatic N) is 1. The lowest BCUT2D eigenvalue weighted by Crippen LogP contribution is -2.26. The van der Waals surface area contributed by atoms with Crippen LogP contribution in [0.25, 0.3) is 0 Å². The minimum atomic E-state index is -0.0866. The maximum Gasteiger partial charge on any atom is 0.253 e. The Morgan fingerprint density at radius 2 is 1.95 bits per heavy atom. The minimum Gasteiger partial charge on any atom is -0.397 e. The zero-order chi connectivity index (χ0) is 14.4. The van der Waals surface area contributed by atoms with E-state index in [4.69, 9.17) is 5.73 Å². The summed E-state index contributed by atoms with van der Waals surface area (Å²) in [6.07, 6.45) is 0. The number of hydrogen-bond donors (Lipinski definition) is 3. The van der Waals surface area contributed by atoms with Gasteiger partial charge in [-0.1, -0.05) is 0 Å². The number of carbonyl (C=O) groups is 2. The van der Waals surface area contributed by atoms with E-state index in [1.54, 1.807) is 32.3 Å². The predicted octanol–water partition coefficient (Wildman–Crippen LogP) is 0.519. The fourth-order valence-electron chi connectivity index (χ4n) is 1.55. The van der Waals surface area contributed by atoms with E-state index in [0.29, 0.717) is 24.3 Å². The maximum absolute atomic E-state index is 11.7. The second-order valence-corrected chi connectivity index (χ2v) is 4.41. The quantitative estimate of drug-likeness (QED) is 0.534. The normalized spacial score (nSPS) is 9.84. The zero-order valence-electron chi connectivity index (χ0n) is 11.5. The molecule has 0 bridgehead atoms. The summed E-state index contributed by atoms with van der Waals surface area (Å²) in [5.74, 6) is -0.154. The summed E-state index contributed by atoms with van der Waals surface area (Å²) in [6.45, 7) is 2.56. The molecule has 1 aromatic rings. The highest BCUT2D eigenvalue weighted by Crippen LogP contribution is 2.20. The van der Waals surface area contributed by atoms with E-state index in [1.807, 2.05) is 0 Å². The fourth-order valence-corrected chi connectivity index (χ4v) is 1.55. The maximum atomic E-state index is 11.7. The van der Waals surface area contributed by atoms with Gasteiger partial charge in [0.05, 0.1) is 11.4 Å². The van der Waals surface area contributed by atoms with Gasteiger partial charge in [-0.05, 0) is 18.2 Å². The van der Waals surface area contributed by atoms with Crippen molar-refractivity contribution < 1.29 is 9.59 Å². The lowest BCUT2D eigenvalue weighted by atomic mass is 10.1. The van der Waals surface area contributed by atoms with E-state index in [2.05, 4.69) is 10.6 Å². The van der Waals surface area contributed by atoms with Crippen LogP contribution < -0.4 is 16.4 Å². The average molecular weight is 264 g/mol. The Morgan fingerprint density at radius 1 is 1.26 bits per heavy atom. The lowest BCUT2D eigenvalue weighted by molar-refractivity contribution is -0.118. The van der Waals surface area contributed by atoms with Gasteiger partial charge in [0.1, 0.15) is 0 Å². The third kappa shape index (κ3) is 4.50. The van der Waals surface area contributed by atoms with Gasteiger partial charge in [0.25, 0.3) is 5.91 Å². The SMILES string of the molecule is CC(=O)NCCNc1ccc(C(=O)N(C)C)cc1N. The Hall–Kier alpha value is -2.24. The van der Waals surface area contributed by atoms with Crippen LogP contribution in [0.2, 0.25) is 0 Å². The van der Waals surface area contributed by atoms with Crippen molar-refractivity contribution in [1.82, 2.24) is 10.2 Å². The lowest BCUT2D eigenvalue weighted by Gasteiger charge is -2.13. The summed E-state index contributed by atoms with van der Waals surface area (Å²) < 4.78 is 0. The van der Waals surface area contributed by atoms with E-state index in [-0.39, 0.29) is 11.8 Å². The molecule has 104 valence electrons. The number of benzene rings is 1. The summed E-state index contributed by atoms with van der Waals surface area (Å²) in [4.78, 5) is 23.9. The van der Waals surface area contributed by atoms with Crippen LogP contribution in [0.3, 0.4) is 0 Å². The highest BCUT2D eigenvalue weighted by atomic mass is 16.2. The molecule has 0 saturated carbocycles. The van der Waals surface area contributed by atoms with Gasteiger partial charge in [0, 0.05) is 39.7 Å². The van der Waals surface area contributed by atoms with Crippen LogP contribution in [-0.4, -0.2) is 43.9 Å². The molecule has 6 nitrogen and oxygen atoms in total. The molecule has 0 fully saturated rings. The van der Waals surface area contributed by atoms with Gasteiger partial charge in [-0.2, -0.15) is 0 Å². The third-order valence-electron chi connectivity index (χ3n) is 2.52. The van der Waals surface area contributed by atoms with Gasteiger partial charge >= 0.3 is 0 Å². The summed E-state index contributed by atoms with van der Waals surface area (Å²) in [7, 11) is 3.39. The highest BCUT2D eigenvalue weighted by Gasteiger charge is 2.09. The molecule has 0 aliphatic rings. The number of hydrogen-bond acceptors (Lipinski definition) is 4. The molecule has 0 spiro atoms. The van der Waals surface area contributed by atoms with E-state index < -0.39 is 0 Å². The first-order valence-electron chi connectivity index (χ1n) is 6.01. The number of rotatable bonds is 5. The zero-order valence-corrected chi connectivity index (χ0v) is 11.5. The topological polar surface area (TPSA) is 87.5 Å². The molecule has 0 atom stereocenters. The molecule has 19 heavy (non-hydrogen) atoms. The number of carbonyl (C=O) groups excluding carboxylic acids is 2. The molecule has 6 heteroatoms. The molecule has 1 rings (SSSR count). The second-order valence-electron chi connectivity index (χ2n) is 4.41. The number of nitrogens with one attached hydrogen (secondary N) is 2. The van der Waals surface area contributed by atoms with Crippen LogP contribution in [0.15, 0.2) is 18.2 Å².